The van der Waals surface area contributed by atoms with Gasteiger partial charge in [-0.3, -0.25) is 9.59 Å². The number of sulfonamides is 1. The van der Waals surface area contributed by atoms with E-state index in [0.717, 1.165) is 23.1 Å². The van der Waals surface area contributed by atoms with Gasteiger partial charge in [-0.25, -0.2) is 8.42 Å². The number of nitriles is 1. The first-order valence-corrected chi connectivity index (χ1v) is 11.3. The lowest BCUT2D eigenvalue weighted by atomic mass is 10.0. The Bertz CT molecular complexity index is 1360. The minimum atomic E-state index is -3.95. The van der Waals surface area contributed by atoms with Crippen LogP contribution >= 0.6 is 0 Å². The second-order valence-corrected chi connectivity index (χ2v) is 9.02. The molecule has 0 heterocycles. The number of benzene rings is 3. The van der Waals surface area contributed by atoms with E-state index >= 15 is 0 Å². The highest BCUT2D eigenvalue weighted by molar-refractivity contribution is 7.89. The zero-order valence-electron chi connectivity index (χ0n) is 16.9. The average molecular weight is 446 g/mol. The maximum absolute atomic E-state index is 12.5. The van der Waals surface area contributed by atoms with Crippen molar-refractivity contribution in [1.82, 2.24) is 4.72 Å². The number of ketones is 1. The van der Waals surface area contributed by atoms with Gasteiger partial charge in [0.05, 0.1) is 16.5 Å². The third kappa shape index (κ3) is 4.44. The van der Waals surface area contributed by atoms with Gasteiger partial charge in [0.25, 0.3) is 0 Å². The van der Waals surface area contributed by atoms with E-state index in [-0.39, 0.29) is 10.7 Å². The zero-order chi connectivity index (χ0) is 22.7. The lowest BCUT2D eigenvalue weighted by Crippen LogP contribution is -2.31. The number of fused-ring (bicyclic) bond motifs is 3. The van der Waals surface area contributed by atoms with Crippen LogP contribution in [0.2, 0.25) is 0 Å². The number of rotatable bonds is 7. The molecule has 8 heteroatoms. The van der Waals surface area contributed by atoms with Gasteiger partial charge >= 0.3 is 5.97 Å². The van der Waals surface area contributed by atoms with Crippen LogP contribution in [0.5, 0.6) is 0 Å². The van der Waals surface area contributed by atoms with Crippen LogP contribution in [0.25, 0.3) is 11.1 Å². The predicted molar refractivity (Wildman–Crippen MR) is 116 cm³/mol. The van der Waals surface area contributed by atoms with Crippen LogP contribution in [-0.2, 0) is 26.0 Å². The largest absolute Gasteiger partial charge is 0.456 e. The van der Waals surface area contributed by atoms with E-state index in [9.17, 15) is 18.0 Å². The van der Waals surface area contributed by atoms with Gasteiger partial charge in [-0.15, -0.1) is 0 Å². The minimum absolute atomic E-state index is 0.0844. The molecular formula is C24H18N2O5S. The predicted octanol–water partition coefficient (Wildman–Crippen LogP) is 2.83. The molecule has 1 aliphatic carbocycles. The Kier molecular flexibility index (Phi) is 5.86. The van der Waals surface area contributed by atoms with E-state index in [1.165, 1.54) is 29.8 Å². The third-order valence-corrected chi connectivity index (χ3v) is 6.60. The molecule has 32 heavy (non-hydrogen) atoms. The Morgan fingerprint density at radius 3 is 2.44 bits per heavy atom. The van der Waals surface area contributed by atoms with Crippen molar-refractivity contribution in [2.24, 2.45) is 0 Å². The molecule has 3 aromatic rings. The number of nitrogens with one attached hydrogen (secondary N) is 1. The normalized spacial score (nSPS) is 11.8. The van der Waals surface area contributed by atoms with Gasteiger partial charge in [-0.2, -0.15) is 9.98 Å². The lowest BCUT2D eigenvalue weighted by Gasteiger charge is -2.08. The zero-order valence-corrected chi connectivity index (χ0v) is 17.7. The molecule has 4 rings (SSSR count). The van der Waals surface area contributed by atoms with Crippen LogP contribution in [0.15, 0.2) is 71.6 Å². The summed E-state index contributed by atoms with van der Waals surface area (Å²) in [6.45, 7) is -1.11. The Labute approximate surface area is 185 Å². The van der Waals surface area contributed by atoms with Crippen molar-refractivity contribution in [1.29, 1.82) is 5.26 Å². The van der Waals surface area contributed by atoms with Crippen molar-refractivity contribution in [3.8, 4) is 17.2 Å². The number of esters is 1. The molecule has 0 fully saturated rings. The fourth-order valence-corrected chi connectivity index (χ4v) is 4.49. The fourth-order valence-electron chi connectivity index (χ4n) is 3.52. The quantitative estimate of drug-likeness (QED) is 0.345. The second kappa shape index (κ2) is 8.75. The van der Waals surface area contributed by atoms with E-state index in [2.05, 4.69) is 10.8 Å². The number of hydrogen-bond donors (Lipinski definition) is 1. The first kappa shape index (κ1) is 21.4. The summed E-state index contributed by atoms with van der Waals surface area (Å²) in [4.78, 5) is 24.4. The van der Waals surface area contributed by atoms with E-state index < -0.39 is 29.1 Å². The van der Waals surface area contributed by atoms with Crippen LogP contribution in [0.3, 0.4) is 0 Å². The van der Waals surface area contributed by atoms with Crippen molar-refractivity contribution in [2.45, 2.75) is 11.3 Å². The smallest absolute Gasteiger partial charge is 0.321 e. The number of hydrogen-bond acceptors (Lipinski definition) is 6. The molecule has 3 aromatic carbocycles. The van der Waals surface area contributed by atoms with Crippen LogP contribution in [0.1, 0.15) is 27.0 Å². The summed E-state index contributed by atoms with van der Waals surface area (Å²) in [5, 5.41) is 8.78. The van der Waals surface area contributed by atoms with Gasteiger partial charge < -0.3 is 4.74 Å². The van der Waals surface area contributed by atoms with Crippen LogP contribution in [0.4, 0.5) is 0 Å². The highest BCUT2D eigenvalue weighted by Gasteiger charge is 2.21. The average Bonchev–Trinajstić information content (AvgIpc) is 3.19. The van der Waals surface area contributed by atoms with E-state index in [0.29, 0.717) is 11.1 Å². The number of nitrogens with zero attached hydrogens (tertiary/aromatic N) is 1. The van der Waals surface area contributed by atoms with Gasteiger partial charge in [0.15, 0.2) is 12.4 Å². The number of Topliss-reactive ketones (excluding diaryl/α,β-unsaturated/α-hetero) is 1. The topological polar surface area (TPSA) is 113 Å². The lowest BCUT2D eigenvalue weighted by molar-refractivity contribution is -0.141. The van der Waals surface area contributed by atoms with Crippen molar-refractivity contribution in [3.63, 3.8) is 0 Å². The molecule has 0 aliphatic heterocycles. The van der Waals surface area contributed by atoms with Gasteiger partial charge in [0.2, 0.25) is 10.0 Å². The van der Waals surface area contributed by atoms with E-state index in [1.54, 1.807) is 12.1 Å². The number of ether oxygens (including phenoxy) is 1. The molecule has 160 valence electrons. The van der Waals surface area contributed by atoms with Gasteiger partial charge in [-0.05, 0) is 59.0 Å². The molecule has 0 unspecified atom stereocenters. The fraction of sp³-hybridized carbons (Fsp3) is 0.125. The molecular weight excluding hydrogens is 428 g/mol. The molecule has 0 amide bonds. The van der Waals surface area contributed by atoms with E-state index in [4.69, 9.17) is 10.00 Å². The Morgan fingerprint density at radius 2 is 1.69 bits per heavy atom. The van der Waals surface area contributed by atoms with Crippen molar-refractivity contribution >= 4 is 21.8 Å². The van der Waals surface area contributed by atoms with Crippen molar-refractivity contribution in [2.75, 3.05) is 13.2 Å². The van der Waals surface area contributed by atoms with Crippen molar-refractivity contribution < 1.29 is 22.7 Å². The first-order chi connectivity index (χ1) is 15.4. The molecule has 1 aliphatic rings. The minimum Gasteiger partial charge on any atom is -0.456 e. The molecule has 0 spiro atoms. The third-order valence-electron chi connectivity index (χ3n) is 5.18. The standard InChI is InChI=1S/C24H18N2O5S/c25-13-16-5-9-20(10-6-16)32(29,30)26-14-24(28)31-15-23(27)19-8-7-18-11-17-3-1-2-4-21(17)22(18)12-19/h1-10,12,26H,11,14-15H2. The maximum Gasteiger partial charge on any atom is 0.321 e. The highest BCUT2D eigenvalue weighted by Crippen LogP contribution is 2.36. The Balaban J connectivity index is 1.34. The number of carbonyl (C=O) groups is 2. The van der Waals surface area contributed by atoms with Gasteiger partial charge in [-0.1, -0.05) is 36.4 Å². The van der Waals surface area contributed by atoms with E-state index in [1.807, 2.05) is 30.3 Å². The summed E-state index contributed by atoms with van der Waals surface area (Å²) >= 11 is 0. The van der Waals surface area contributed by atoms with Crippen LogP contribution < -0.4 is 4.72 Å². The highest BCUT2D eigenvalue weighted by atomic mass is 32.2. The Hall–Kier alpha value is -3.80. The summed E-state index contributed by atoms with van der Waals surface area (Å²) in [5.74, 6) is -1.25. The second-order valence-electron chi connectivity index (χ2n) is 7.25. The SMILES string of the molecule is N#Cc1ccc(S(=O)(=O)NCC(=O)OCC(=O)c2ccc3c(c2)-c2ccccc2C3)cc1. The molecule has 0 aromatic heterocycles. The van der Waals surface area contributed by atoms with Crippen molar-refractivity contribution in [3.05, 3.63) is 89.0 Å². The monoisotopic (exact) mass is 446 g/mol. The summed E-state index contributed by atoms with van der Waals surface area (Å²) < 4.78 is 31.6. The van der Waals surface area contributed by atoms with Crippen LogP contribution in [0, 0.1) is 11.3 Å². The Morgan fingerprint density at radius 1 is 0.969 bits per heavy atom. The molecule has 7 nitrogen and oxygen atoms in total. The summed E-state index contributed by atoms with van der Waals surface area (Å²) in [6, 6.07) is 20.5. The maximum atomic E-state index is 12.5. The summed E-state index contributed by atoms with van der Waals surface area (Å²) in [5.41, 5.74) is 5.16. The molecule has 0 saturated heterocycles. The molecule has 0 radical (unpaired) electrons. The molecule has 0 atom stereocenters. The molecule has 1 N–H and O–H groups in total. The first-order valence-electron chi connectivity index (χ1n) is 9.77. The summed E-state index contributed by atoms with van der Waals surface area (Å²) in [6.07, 6.45) is 0.814. The molecule has 0 saturated carbocycles. The number of carbonyl (C=O) groups excluding carboxylic acids is 2. The van der Waals surface area contributed by atoms with Gasteiger partial charge in [0.1, 0.15) is 6.54 Å². The summed E-state index contributed by atoms with van der Waals surface area (Å²) in [7, 11) is -3.95. The van der Waals surface area contributed by atoms with Gasteiger partial charge in [0, 0.05) is 5.56 Å². The molecule has 0 bridgehead atoms. The van der Waals surface area contributed by atoms with Crippen LogP contribution in [-0.4, -0.2) is 33.3 Å².